The van der Waals surface area contributed by atoms with E-state index in [2.05, 4.69) is 10.3 Å². The van der Waals surface area contributed by atoms with Crippen LogP contribution in [-0.4, -0.2) is 50.0 Å². The highest BCUT2D eigenvalue weighted by Gasteiger charge is 2.31. The largest absolute Gasteiger partial charge is 0.476 e. The summed E-state index contributed by atoms with van der Waals surface area (Å²) in [6.07, 6.45) is 1.83. The Morgan fingerprint density at radius 1 is 1.23 bits per heavy atom. The molecule has 1 amide bonds. The minimum absolute atomic E-state index is 0.0590. The molecule has 1 aromatic carbocycles. The van der Waals surface area contributed by atoms with Gasteiger partial charge in [-0.05, 0) is 5.56 Å². The molecule has 2 heterocycles. The number of nitrogens with zero attached hydrogens (tertiary/aromatic N) is 4. The molecule has 0 saturated carbocycles. The molecule has 1 aliphatic rings. The van der Waals surface area contributed by atoms with Crippen molar-refractivity contribution >= 4 is 11.9 Å². The lowest BCUT2D eigenvalue weighted by Gasteiger charge is -2.39. The van der Waals surface area contributed by atoms with Gasteiger partial charge in [0.05, 0.1) is 12.6 Å². The molecule has 0 spiro atoms. The van der Waals surface area contributed by atoms with Crippen LogP contribution in [0.15, 0.2) is 36.5 Å². The number of hydrogen-bond donors (Lipinski definition) is 1. The van der Waals surface area contributed by atoms with Crippen LogP contribution in [0.2, 0.25) is 0 Å². The Bertz CT molecular complexity index is 677. The summed E-state index contributed by atoms with van der Waals surface area (Å²) < 4.78 is 1.52. The maximum absolute atomic E-state index is 12.1. The summed E-state index contributed by atoms with van der Waals surface area (Å²) in [7, 11) is 0. The summed E-state index contributed by atoms with van der Waals surface area (Å²) in [5, 5.41) is 16.1. The van der Waals surface area contributed by atoms with Crippen molar-refractivity contribution < 1.29 is 14.7 Å². The van der Waals surface area contributed by atoms with Gasteiger partial charge in [0.2, 0.25) is 5.91 Å². The monoisotopic (exact) mass is 300 g/mol. The van der Waals surface area contributed by atoms with E-state index in [4.69, 9.17) is 5.11 Å². The summed E-state index contributed by atoms with van der Waals surface area (Å²) >= 11 is 0. The third kappa shape index (κ3) is 3.13. The second kappa shape index (κ2) is 5.97. The molecular formula is C15H16N4O3. The number of carboxylic acid groups (broad SMARTS) is 1. The first kappa shape index (κ1) is 14.2. The fraction of sp³-hybridized carbons (Fsp3) is 0.333. The van der Waals surface area contributed by atoms with Crippen molar-refractivity contribution in [2.45, 2.75) is 13.0 Å². The van der Waals surface area contributed by atoms with Crippen molar-refractivity contribution in [3.05, 3.63) is 47.8 Å². The minimum atomic E-state index is -1.08. The third-order valence-electron chi connectivity index (χ3n) is 3.71. The summed E-state index contributed by atoms with van der Waals surface area (Å²) in [5.74, 6) is -0.671. The van der Waals surface area contributed by atoms with Crippen LogP contribution in [0, 0.1) is 5.92 Å². The van der Waals surface area contributed by atoms with E-state index in [9.17, 15) is 9.59 Å². The van der Waals surface area contributed by atoms with E-state index in [0.29, 0.717) is 32.0 Å². The first-order valence-electron chi connectivity index (χ1n) is 7.07. The Morgan fingerprint density at radius 2 is 1.95 bits per heavy atom. The molecule has 0 unspecified atom stereocenters. The molecule has 0 radical (unpaired) electrons. The van der Waals surface area contributed by atoms with Crippen LogP contribution in [0.25, 0.3) is 0 Å². The molecule has 0 atom stereocenters. The molecule has 0 aliphatic carbocycles. The smallest absolute Gasteiger partial charge is 0.358 e. The summed E-state index contributed by atoms with van der Waals surface area (Å²) in [5.41, 5.74) is 0.953. The molecule has 3 rings (SSSR count). The van der Waals surface area contributed by atoms with Crippen molar-refractivity contribution in [2.75, 3.05) is 13.1 Å². The first-order chi connectivity index (χ1) is 10.6. The summed E-state index contributed by atoms with van der Waals surface area (Å²) in [4.78, 5) is 24.6. The van der Waals surface area contributed by atoms with E-state index in [1.807, 2.05) is 35.2 Å². The van der Waals surface area contributed by atoms with Gasteiger partial charge in [-0.1, -0.05) is 35.5 Å². The molecule has 1 aliphatic heterocycles. The number of amides is 1. The molecule has 2 aromatic rings. The summed E-state index contributed by atoms with van der Waals surface area (Å²) in [6.45, 7) is 1.93. The van der Waals surface area contributed by atoms with Gasteiger partial charge in [0.15, 0.2) is 5.69 Å². The average Bonchev–Trinajstić information content (AvgIpc) is 2.92. The Balaban J connectivity index is 1.47. The van der Waals surface area contributed by atoms with Crippen LogP contribution >= 0.6 is 0 Å². The molecule has 1 aromatic heterocycles. The number of hydrogen-bond acceptors (Lipinski definition) is 4. The highest BCUT2D eigenvalue weighted by molar-refractivity contribution is 5.84. The maximum Gasteiger partial charge on any atom is 0.358 e. The zero-order valence-corrected chi connectivity index (χ0v) is 11.9. The van der Waals surface area contributed by atoms with E-state index in [1.165, 1.54) is 10.9 Å². The van der Waals surface area contributed by atoms with Gasteiger partial charge in [-0.3, -0.25) is 9.48 Å². The number of benzene rings is 1. The van der Waals surface area contributed by atoms with E-state index in [-0.39, 0.29) is 11.6 Å². The molecule has 7 heteroatoms. The molecule has 1 fully saturated rings. The molecule has 7 nitrogen and oxygen atoms in total. The number of aromatic carboxylic acids is 1. The van der Waals surface area contributed by atoms with Crippen molar-refractivity contribution in [1.82, 2.24) is 19.9 Å². The summed E-state index contributed by atoms with van der Waals surface area (Å²) in [6, 6.07) is 9.66. The second-order valence-corrected chi connectivity index (χ2v) is 5.46. The van der Waals surface area contributed by atoms with Crippen molar-refractivity contribution in [2.24, 2.45) is 5.92 Å². The Morgan fingerprint density at radius 3 is 2.59 bits per heavy atom. The molecule has 0 bridgehead atoms. The zero-order valence-electron chi connectivity index (χ0n) is 11.9. The SMILES string of the molecule is O=C(O)c1cn(CC2CN(C(=O)Cc3ccccc3)C2)nn1. The normalized spacial score (nSPS) is 14.6. The van der Waals surface area contributed by atoms with Gasteiger partial charge in [-0.15, -0.1) is 5.10 Å². The third-order valence-corrected chi connectivity index (χ3v) is 3.71. The lowest BCUT2D eigenvalue weighted by atomic mass is 9.99. The fourth-order valence-electron chi connectivity index (χ4n) is 2.52. The van der Waals surface area contributed by atoms with Crippen molar-refractivity contribution in [3.8, 4) is 0 Å². The predicted octanol–water partition coefficient (Wildman–Crippen LogP) is 0.677. The van der Waals surface area contributed by atoms with E-state index in [1.54, 1.807) is 0 Å². The number of rotatable bonds is 5. The number of carbonyl (C=O) groups is 2. The average molecular weight is 300 g/mol. The van der Waals surface area contributed by atoms with Crippen LogP contribution in [-0.2, 0) is 17.8 Å². The van der Waals surface area contributed by atoms with Gasteiger partial charge < -0.3 is 10.0 Å². The van der Waals surface area contributed by atoms with Crippen LogP contribution in [0.5, 0.6) is 0 Å². The molecular weight excluding hydrogens is 284 g/mol. The standard InChI is InChI=1S/C15H16N4O3/c20-14(6-11-4-2-1-3-5-11)18-7-12(8-18)9-19-10-13(15(21)22)16-17-19/h1-5,10,12H,6-9H2,(H,21,22). The van der Waals surface area contributed by atoms with Gasteiger partial charge in [0, 0.05) is 25.6 Å². The van der Waals surface area contributed by atoms with Gasteiger partial charge in [-0.2, -0.15) is 0 Å². The van der Waals surface area contributed by atoms with E-state index >= 15 is 0 Å². The van der Waals surface area contributed by atoms with Gasteiger partial charge in [0.25, 0.3) is 0 Å². The molecule has 114 valence electrons. The van der Waals surface area contributed by atoms with E-state index < -0.39 is 5.97 Å². The number of likely N-dealkylation sites (tertiary alicyclic amines) is 1. The van der Waals surface area contributed by atoms with Crippen molar-refractivity contribution in [1.29, 1.82) is 0 Å². The maximum atomic E-state index is 12.1. The number of aromatic nitrogens is 3. The highest BCUT2D eigenvalue weighted by Crippen LogP contribution is 2.18. The zero-order chi connectivity index (χ0) is 15.5. The van der Waals surface area contributed by atoms with E-state index in [0.717, 1.165) is 5.56 Å². The number of carboxylic acids is 1. The molecule has 22 heavy (non-hydrogen) atoms. The topological polar surface area (TPSA) is 88.3 Å². The van der Waals surface area contributed by atoms with Gasteiger partial charge >= 0.3 is 5.97 Å². The van der Waals surface area contributed by atoms with Crippen LogP contribution in [0.1, 0.15) is 16.1 Å². The molecule has 1 saturated heterocycles. The van der Waals surface area contributed by atoms with Crippen LogP contribution in [0.4, 0.5) is 0 Å². The predicted molar refractivity (Wildman–Crippen MR) is 77.2 cm³/mol. The molecule has 1 N–H and O–H groups in total. The fourth-order valence-corrected chi connectivity index (χ4v) is 2.52. The Kier molecular flexibility index (Phi) is 3.86. The Hall–Kier alpha value is -2.70. The highest BCUT2D eigenvalue weighted by atomic mass is 16.4. The van der Waals surface area contributed by atoms with Gasteiger partial charge in [-0.25, -0.2) is 4.79 Å². The Labute approximate surface area is 127 Å². The second-order valence-electron chi connectivity index (χ2n) is 5.46. The van der Waals surface area contributed by atoms with Crippen LogP contribution in [0.3, 0.4) is 0 Å². The lowest BCUT2D eigenvalue weighted by molar-refractivity contribution is -0.137. The lowest BCUT2D eigenvalue weighted by Crippen LogP contribution is -2.51. The number of carbonyl (C=O) groups excluding carboxylic acids is 1. The quantitative estimate of drug-likeness (QED) is 0.877. The minimum Gasteiger partial charge on any atom is -0.476 e. The van der Waals surface area contributed by atoms with Gasteiger partial charge in [0.1, 0.15) is 0 Å². The van der Waals surface area contributed by atoms with Crippen molar-refractivity contribution in [3.63, 3.8) is 0 Å². The first-order valence-corrected chi connectivity index (χ1v) is 7.07. The van der Waals surface area contributed by atoms with Crippen LogP contribution < -0.4 is 0 Å².